The van der Waals surface area contributed by atoms with Gasteiger partial charge in [0.05, 0.1) is 61.6 Å². The van der Waals surface area contributed by atoms with Gasteiger partial charge in [-0.05, 0) is 104 Å². The van der Waals surface area contributed by atoms with Crippen LogP contribution in [-0.2, 0) is 45.5 Å². The molecule has 8 heterocycles. The van der Waals surface area contributed by atoms with E-state index in [2.05, 4.69) is 4.98 Å². The van der Waals surface area contributed by atoms with Crippen LogP contribution in [-0.4, -0.2) is 144 Å². The van der Waals surface area contributed by atoms with Gasteiger partial charge in [-0.3, -0.25) is 4.79 Å². The number of carbonyl (C=O) groups excluding carboxylic acids is 2. The summed E-state index contributed by atoms with van der Waals surface area (Å²) in [5.41, 5.74) is 7.81. The molecular weight excluding hydrogens is 1090 g/mol. The van der Waals surface area contributed by atoms with Crippen LogP contribution in [0.3, 0.4) is 0 Å². The first-order valence-electron chi connectivity index (χ1n) is 24.4. The number of nitrogens with zero attached hydrogens (tertiary/aromatic N) is 12. The van der Waals surface area contributed by atoms with Crippen LogP contribution in [0.2, 0.25) is 0 Å². The molecule has 408 valence electrons. The number of sulfonamides is 2. The molecule has 2 aliphatic heterocycles. The van der Waals surface area contributed by atoms with Crippen LogP contribution < -0.4 is 9.80 Å². The Labute approximate surface area is 457 Å². The maximum Gasteiger partial charge on any atom is 0.330 e. The third kappa shape index (κ3) is 12.5. The fourth-order valence-corrected chi connectivity index (χ4v) is 12.2. The molecule has 0 aliphatic carbocycles. The molecule has 0 radical (unpaired) electrons. The van der Waals surface area contributed by atoms with E-state index in [0.717, 1.165) is 28.1 Å². The predicted molar refractivity (Wildman–Crippen MR) is 296 cm³/mol. The van der Waals surface area contributed by atoms with Crippen molar-refractivity contribution in [2.24, 2.45) is 0 Å². The lowest BCUT2D eigenvalue weighted by Gasteiger charge is -2.29. The van der Waals surface area contributed by atoms with Crippen LogP contribution in [0.25, 0.3) is 45.5 Å². The molecule has 0 atom stereocenters. The van der Waals surface area contributed by atoms with Gasteiger partial charge in [0.1, 0.15) is 17.3 Å². The molecule has 0 spiro atoms. The van der Waals surface area contributed by atoms with E-state index in [1.165, 1.54) is 88.4 Å². The Kier molecular flexibility index (Phi) is 16.6. The number of ether oxygens (including phenoxy) is 2. The van der Waals surface area contributed by atoms with Gasteiger partial charge < -0.3 is 19.3 Å². The van der Waals surface area contributed by atoms with Crippen molar-refractivity contribution < 1.29 is 44.7 Å². The number of aryl methyl sites for hydroxylation is 1. The molecule has 2 aromatic carbocycles. The Hall–Kier alpha value is -7.36. The topological polar surface area (TPSA) is 220 Å². The summed E-state index contributed by atoms with van der Waals surface area (Å²) in [6.07, 6.45) is 9.54. The molecule has 0 saturated carbocycles. The summed E-state index contributed by atoms with van der Waals surface area (Å²) in [4.78, 5) is 46.4. The normalized spacial score (nSPS) is 14.8. The van der Waals surface area contributed by atoms with Crippen LogP contribution in [0.1, 0.15) is 54.4 Å². The van der Waals surface area contributed by atoms with Crippen molar-refractivity contribution in [3.05, 3.63) is 130 Å². The summed E-state index contributed by atoms with van der Waals surface area (Å²) >= 11 is 2.83. The Morgan fingerprint density at radius 3 is 1.81 bits per heavy atom. The summed E-state index contributed by atoms with van der Waals surface area (Å²) in [5, 5.41) is 14.9. The number of rotatable bonds is 15. The third-order valence-electron chi connectivity index (χ3n) is 13.2. The molecule has 0 amide bonds. The molecule has 0 bridgehead atoms. The fraction of sp³-hybridized carbons (Fsp3) is 0.308. The highest BCUT2D eigenvalue weighted by molar-refractivity contribution is 7.88. The van der Waals surface area contributed by atoms with Gasteiger partial charge in [-0.2, -0.15) is 23.5 Å². The zero-order valence-corrected chi connectivity index (χ0v) is 46.5. The highest BCUT2D eigenvalue weighted by Gasteiger charge is 2.29. The minimum atomic E-state index is -3.27. The number of fused-ring (bicyclic) bond motifs is 2. The van der Waals surface area contributed by atoms with Crippen molar-refractivity contribution in [2.75, 3.05) is 76.8 Å². The number of imidazole rings is 2. The average molecular weight is 1140 g/mol. The second kappa shape index (κ2) is 23.3. The molecule has 0 N–H and O–H groups in total. The van der Waals surface area contributed by atoms with Gasteiger partial charge in [0.2, 0.25) is 20.0 Å². The van der Waals surface area contributed by atoms with E-state index in [9.17, 15) is 35.2 Å². The lowest BCUT2D eigenvalue weighted by molar-refractivity contribution is -0.140. The van der Waals surface area contributed by atoms with Crippen LogP contribution >= 0.6 is 22.7 Å². The summed E-state index contributed by atoms with van der Waals surface area (Å²) in [5.74, 6) is -0.124. The van der Waals surface area contributed by atoms with Gasteiger partial charge in [0.25, 0.3) is 0 Å². The van der Waals surface area contributed by atoms with Gasteiger partial charge in [-0.25, -0.2) is 54.7 Å². The number of hydrogen-bond acceptors (Lipinski definition) is 18. The molecule has 8 aromatic rings. The van der Waals surface area contributed by atoms with E-state index in [1.54, 1.807) is 39.4 Å². The predicted octanol–water partition coefficient (Wildman–Crippen LogP) is 8.00. The summed E-state index contributed by atoms with van der Waals surface area (Å²) < 4.78 is 90.4. The highest BCUT2D eigenvalue weighted by atomic mass is 32.2. The summed E-state index contributed by atoms with van der Waals surface area (Å²) in [6.45, 7) is 1.56. The number of aromatic nitrogens is 8. The number of hydrogen-bond donors (Lipinski definition) is 0. The number of anilines is 4. The van der Waals surface area contributed by atoms with Crippen LogP contribution in [0.15, 0.2) is 95.7 Å². The number of carbonyl (C=O) groups is 2. The Morgan fingerprint density at radius 1 is 0.692 bits per heavy atom. The molecule has 26 heteroatoms. The molecule has 0 unspecified atom stereocenters. The van der Waals surface area contributed by atoms with Crippen LogP contribution in [0.4, 0.5) is 30.7 Å². The van der Waals surface area contributed by atoms with Crippen molar-refractivity contribution in [1.82, 2.24) is 47.8 Å². The highest BCUT2D eigenvalue weighted by Crippen LogP contribution is 2.37. The van der Waals surface area contributed by atoms with E-state index < -0.39 is 26.0 Å². The number of thiazole rings is 2. The maximum absolute atomic E-state index is 13.4. The van der Waals surface area contributed by atoms with E-state index in [0.29, 0.717) is 101 Å². The zero-order valence-electron chi connectivity index (χ0n) is 43.3. The van der Waals surface area contributed by atoms with Crippen molar-refractivity contribution in [3.63, 3.8) is 0 Å². The number of benzene rings is 2. The Morgan fingerprint density at radius 2 is 1.26 bits per heavy atom. The Bertz CT molecular complexity index is 3800. The molecule has 20 nitrogen and oxygen atoms in total. The van der Waals surface area contributed by atoms with Crippen LogP contribution in [0.5, 0.6) is 0 Å². The minimum absolute atomic E-state index is 0.108. The van der Waals surface area contributed by atoms with E-state index >= 15 is 0 Å². The number of methoxy groups -OCH3 is 2. The van der Waals surface area contributed by atoms with Crippen molar-refractivity contribution >= 4 is 99.5 Å². The monoisotopic (exact) mass is 1140 g/mol. The van der Waals surface area contributed by atoms with Gasteiger partial charge in [0.15, 0.2) is 33.2 Å². The summed E-state index contributed by atoms with van der Waals surface area (Å²) in [7, 11) is -0.139. The third-order valence-corrected chi connectivity index (χ3v) is 17.6. The molecule has 1 saturated heterocycles. The van der Waals surface area contributed by atoms with E-state index in [4.69, 9.17) is 34.6 Å². The number of esters is 2. The van der Waals surface area contributed by atoms with E-state index in [-0.39, 0.29) is 36.5 Å². The first-order valence-corrected chi connectivity index (χ1v) is 29.8. The molecule has 6 aromatic heterocycles. The maximum atomic E-state index is 13.4. The quantitative estimate of drug-likeness (QED) is 0.0701. The molecule has 1 fully saturated rings. The molecular formula is C52H54F2N12O8S4. The van der Waals surface area contributed by atoms with Crippen molar-refractivity contribution in [2.45, 2.75) is 38.0 Å². The zero-order chi connectivity index (χ0) is 55.5. The van der Waals surface area contributed by atoms with Crippen molar-refractivity contribution in [3.8, 4) is 22.5 Å². The Balaban J connectivity index is 0.000000190. The SMILES string of the molecule is COC(=O)/C=C/c1nc2ccc(C3=CCN(S(C)(=O)=O)CC3)nn2c1N(C)c1nc(-c2ccc(F)cc2)cs1.COC(=O)CCc1nc2ccc(C3CCN(S(C)(=O)=O)CC3)nn2c1N(C)c1nc(-c2ccc(F)cc2)cs1. The number of halogens is 2. The second-order valence-corrected chi connectivity index (χ2v) is 24.0. The first-order chi connectivity index (χ1) is 37.3. The van der Waals surface area contributed by atoms with Gasteiger partial charge in [-0.1, -0.05) is 6.08 Å². The lowest BCUT2D eigenvalue weighted by Crippen LogP contribution is -2.37. The average Bonchev–Trinajstić information content (AvgIpc) is 4.28. The van der Waals surface area contributed by atoms with E-state index in [1.807, 2.05) is 65.0 Å². The molecule has 10 rings (SSSR count). The molecule has 2 aliphatic rings. The second-order valence-electron chi connectivity index (χ2n) is 18.4. The van der Waals surface area contributed by atoms with Crippen molar-refractivity contribution in [1.29, 1.82) is 0 Å². The number of piperidine rings is 1. The van der Waals surface area contributed by atoms with Gasteiger partial charge >= 0.3 is 11.9 Å². The first kappa shape index (κ1) is 55.4. The van der Waals surface area contributed by atoms with Gasteiger partial charge in [0, 0.05) is 80.6 Å². The van der Waals surface area contributed by atoms with Gasteiger partial charge in [-0.15, -0.1) is 22.7 Å². The van der Waals surface area contributed by atoms with Crippen LogP contribution in [0, 0.1) is 11.6 Å². The summed E-state index contributed by atoms with van der Waals surface area (Å²) in [6, 6.07) is 19.8. The standard InChI is InChI=1S/C26H29FN6O4S2.C26H25FN6O4S2/c2*1-31(26-29-22(16-38-26)17-4-6-19(27)7-5-17)25-21(9-11-24(34)37-2)28-23-10-8-20(30-33(23)25)18-12-14-32(15-13-18)39(3,35)36/h4-8,10,16,18H,9,11-15H2,1-3H3;4-12,16H,13-15H2,1-3H3/b;11-9+. The fourth-order valence-electron chi connectivity index (χ4n) is 8.97. The molecule has 78 heavy (non-hydrogen) atoms. The largest absolute Gasteiger partial charge is 0.469 e. The smallest absolute Gasteiger partial charge is 0.330 e. The minimum Gasteiger partial charge on any atom is -0.469 e. The lowest BCUT2D eigenvalue weighted by atomic mass is 9.94.